The minimum atomic E-state index is -0.117. The zero-order chi connectivity index (χ0) is 13.5. The maximum Gasteiger partial charge on any atom is 0.244 e. The molecule has 2 aromatic heterocycles. The predicted molar refractivity (Wildman–Crippen MR) is 72.4 cm³/mol. The first-order chi connectivity index (χ1) is 9.24. The van der Waals surface area contributed by atoms with E-state index in [1.165, 1.54) is 6.08 Å². The molecule has 2 N–H and O–H groups in total. The van der Waals surface area contributed by atoms with Crippen molar-refractivity contribution in [3.63, 3.8) is 0 Å². The Hall–Kier alpha value is -2.30. The highest BCUT2D eigenvalue weighted by atomic mass is 16.3. The number of carbonyl (C=O) groups is 1. The van der Waals surface area contributed by atoms with Gasteiger partial charge in [0.1, 0.15) is 17.3 Å². The number of hydrogen-bond acceptors (Lipinski definition) is 3. The highest BCUT2D eigenvalue weighted by Gasteiger charge is 1.98. The molecule has 0 bridgehead atoms. The fourth-order valence-electron chi connectivity index (χ4n) is 1.66. The Labute approximate surface area is 111 Å². The number of nitrogens with one attached hydrogen (secondary N) is 2. The summed E-state index contributed by atoms with van der Waals surface area (Å²) in [6.45, 7) is 2.49. The summed E-state index contributed by atoms with van der Waals surface area (Å²) < 4.78 is 5.33. The summed E-state index contributed by atoms with van der Waals surface area (Å²) in [5.74, 6) is 2.34. The molecule has 0 radical (unpaired) electrons. The minimum absolute atomic E-state index is 0.117. The van der Waals surface area contributed by atoms with Crippen LogP contribution in [-0.4, -0.2) is 22.4 Å². The third kappa shape index (κ3) is 4.46. The van der Waals surface area contributed by atoms with Crippen molar-refractivity contribution in [2.24, 2.45) is 0 Å². The Kier molecular flexibility index (Phi) is 4.55. The molecule has 0 saturated carbocycles. The molecule has 0 spiro atoms. The summed E-state index contributed by atoms with van der Waals surface area (Å²) in [5.41, 5.74) is 0. The van der Waals surface area contributed by atoms with Crippen LogP contribution in [0.5, 0.6) is 0 Å². The Morgan fingerprint density at radius 2 is 2.42 bits per heavy atom. The molecule has 5 heteroatoms. The molecule has 0 atom stereocenters. The van der Waals surface area contributed by atoms with Gasteiger partial charge < -0.3 is 14.7 Å². The highest BCUT2D eigenvalue weighted by Crippen LogP contribution is 2.07. The highest BCUT2D eigenvalue weighted by molar-refractivity contribution is 5.91. The third-order valence-corrected chi connectivity index (χ3v) is 2.60. The van der Waals surface area contributed by atoms with Crippen molar-refractivity contribution >= 4 is 12.0 Å². The van der Waals surface area contributed by atoms with Crippen LogP contribution in [-0.2, 0) is 11.2 Å². The standard InChI is InChI=1S/C14H17N3O2/c1-11-4-5-12(19-11)6-7-14(18)17-8-2-3-13-15-9-10-16-13/h4-7,9-10H,2-3,8H2,1H3,(H,15,16)(H,17,18)/b7-6+. The van der Waals surface area contributed by atoms with Crippen molar-refractivity contribution in [1.29, 1.82) is 0 Å². The molecule has 0 saturated heterocycles. The lowest BCUT2D eigenvalue weighted by Crippen LogP contribution is -2.22. The van der Waals surface area contributed by atoms with Gasteiger partial charge in [-0.15, -0.1) is 0 Å². The van der Waals surface area contributed by atoms with E-state index in [2.05, 4.69) is 15.3 Å². The van der Waals surface area contributed by atoms with Crippen LogP contribution >= 0.6 is 0 Å². The number of carbonyl (C=O) groups excluding carboxylic acids is 1. The molecule has 0 aliphatic carbocycles. The number of furan rings is 1. The monoisotopic (exact) mass is 259 g/mol. The molecule has 2 heterocycles. The summed E-state index contributed by atoms with van der Waals surface area (Å²) in [4.78, 5) is 18.7. The number of aromatic amines is 1. The van der Waals surface area contributed by atoms with E-state index in [0.29, 0.717) is 12.3 Å². The fraction of sp³-hybridized carbons (Fsp3) is 0.286. The van der Waals surface area contributed by atoms with Crippen molar-refractivity contribution in [3.05, 3.63) is 47.9 Å². The zero-order valence-electron chi connectivity index (χ0n) is 10.8. The molecule has 0 aliphatic heterocycles. The van der Waals surface area contributed by atoms with Crippen molar-refractivity contribution < 1.29 is 9.21 Å². The summed E-state index contributed by atoms with van der Waals surface area (Å²) >= 11 is 0. The van der Waals surface area contributed by atoms with Crippen LogP contribution in [0.4, 0.5) is 0 Å². The van der Waals surface area contributed by atoms with Gasteiger partial charge in [-0.2, -0.15) is 0 Å². The second-order valence-electron chi connectivity index (χ2n) is 4.21. The Morgan fingerprint density at radius 1 is 1.53 bits per heavy atom. The molecule has 2 rings (SSSR count). The van der Waals surface area contributed by atoms with Crippen molar-refractivity contribution in [1.82, 2.24) is 15.3 Å². The molecule has 100 valence electrons. The van der Waals surface area contributed by atoms with Crippen molar-refractivity contribution in [3.8, 4) is 0 Å². The Morgan fingerprint density at radius 3 is 3.11 bits per heavy atom. The lowest BCUT2D eigenvalue weighted by atomic mass is 10.3. The van der Waals surface area contributed by atoms with Gasteiger partial charge in [0, 0.05) is 31.4 Å². The van der Waals surface area contributed by atoms with E-state index in [4.69, 9.17) is 4.42 Å². The molecule has 0 unspecified atom stereocenters. The molecule has 0 aromatic carbocycles. The molecule has 1 amide bonds. The normalized spacial score (nSPS) is 11.0. The number of aromatic nitrogens is 2. The van der Waals surface area contributed by atoms with E-state index in [1.54, 1.807) is 18.5 Å². The molecule has 2 aromatic rings. The van der Waals surface area contributed by atoms with E-state index >= 15 is 0 Å². The second kappa shape index (κ2) is 6.58. The maximum absolute atomic E-state index is 11.5. The van der Waals surface area contributed by atoms with Crippen LogP contribution in [0.3, 0.4) is 0 Å². The Bertz CT molecular complexity index is 541. The molecule has 0 fully saturated rings. The lowest BCUT2D eigenvalue weighted by Gasteiger charge is -2.00. The van der Waals surface area contributed by atoms with Gasteiger partial charge in [0.05, 0.1) is 0 Å². The van der Waals surface area contributed by atoms with Gasteiger partial charge in [-0.1, -0.05) is 0 Å². The average molecular weight is 259 g/mol. The number of amides is 1. The van der Waals surface area contributed by atoms with Crippen LogP contribution < -0.4 is 5.32 Å². The number of rotatable bonds is 6. The van der Waals surface area contributed by atoms with Gasteiger partial charge in [0.15, 0.2) is 0 Å². The van der Waals surface area contributed by atoms with Crippen LogP contribution in [0.2, 0.25) is 0 Å². The zero-order valence-corrected chi connectivity index (χ0v) is 10.8. The number of imidazole rings is 1. The van der Waals surface area contributed by atoms with E-state index in [-0.39, 0.29) is 5.91 Å². The summed E-state index contributed by atoms with van der Waals surface area (Å²) in [6.07, 6.45) is 8.34. The minimum Gasteiger partial charge on any atom is -0.462 e. The average Bonchev–Trinajstić information content (AvgIpc) is 3.03. The number of aryl methyl sites for hydroxylation is 2. The SMILES string of the molecule is Cc1ccc(/C=C/C(=O)NCCCc2ncc[nH]2)o1. The van der Waals surface area contributed by atoms with Gasteiger partial charge in [-0.05, 0) is 31.6 Å². The molecule has 19 heavy (non-hydrogen) atoms. The third-order valence-electron chi connectivity index (χ3n) is 2.60. The number of hydrogen-bond donors (Lipinski definition) is 2. The molecular weight excluding hydrogens is 242 g/mol. The van der Waals surface area contributed by atoms with Crippen LogP contribution in [0.1, 0.15) is 23.8 Å². The molecule has 5 nitrogen and oxygen atoms in total. The van der Waals surface area contributed by atoms with Crippen LogP contribution in [0, 0.1) is 6.92 Å². The molecular formula is C14H17N3O2. The smallest absolute Gasteiger partial charge is 0.244 e. The lowest BCUT2D eigenvalue weighted by molar-refractivity contribution is -0.116. The summed E-state index contributed by atoms with van der Waals surface area (Å²) in [6, 6.07) is 3.69. The van der Waals surface area contributed by atoms with Crippen molar-refractivity contribution in [2.45, 2.75) is 19.8 Å². The maximum atomic E-state index is 11.5. The van der Waals surface area contributed by atoms with E-state index in [0.717, 1.165) is 24.4 Å². The van der Waals surface area contributed by atoms with Gasteiger partial charge in [-0.3, -0.25) is 4.79 Å². The quantitative estimate of drug-likeness (QED) is 0.616. The van der Waals surface area contributed by atoms with Gasteiger partial charge in [0.25, 0.3) is 0 Å². The van der Waals surface area contributed by atoms with E-state index < -0.39 is 0 Å². The molecule has 0 aliphatic rings. The Balaban J connectivity index is 1.66. The number of H-pyrrole nitrogens is 1. The first-order valence-electron chi connectivity index (χ1n) is 6.24. The van der Waals surface area contributed by atoms with Gasteiger partial charge in [0.2, 0.25) is 5.91 Å². The first-order valence-corrected chi connectivity index (χ1v) is 6.24. The van der Waals surface area contributed by atoms with E-state index in [1.807, 2.05) is 19.1 Å². The fourth-order valence-corrected chi connectivity index (χ4v) is 1.66. The van der Waals surface area contributed by atoms with Gasteiger partial charge in [-0.25, -0.2) is 4.98 Å². The van der Waals surface area contributed by atoms with Crippen LogP contribution in [0.15, 0.2) is 35.0 Å². The summed E-state index contributed by atoms with van der Waals surface area (Å²) in [5, 5.41) is 2.81. The van der Waals surface area contributed by atoms with E-state index in [9.17, 15) is 4.79 Å². The second-order valence-corrected chi connectivity index (χ2v) is 4.21. The van der Waals surface area contributed by atoms with Crippen LogP contribution in [0.25, 0.3) is 6.08 Å². The topological polar surface area (TPSA) is 70.9 Å². The van der Waals surface area contributed by atoms with Crippen molar-refractivity contribution in [2.75, 3.05) is 6.54 Å². The largest absolute Gasteiger partial charge is 0.462 e. The van der Waals surface area contributed by atoms with Gasteiger partial charge >= 0.3 is 0 Å². The predicted octanol–water partition coefficient (Wildman–Crippen LogP) is 2.07. The number of nitrogens with zero attached hydrogens (tertiary/aromatic N) is 1. The first kappa shape index (κ1) is 13.1. The summed E-state index contributed by atoms with van der Waals surface area (Å²) in [7, 11) is 0.